The first-order valence-electron chi connectivity index (χ1n) is 6.58. The lowest BCUT2D eigenvalue weighted by Gasteiger charge is -2.09. The number of aromatic nitrogens is 1. The molecule has 8 heteroatoms. The largest absolute Gasteiger partial charge is 0.352 e. The van der Waals surface area contributed by atoms with Crippen LogP contribution in [0.3, 0.4) is 0 Å². The smallest absolute Gasteiger partial charge is 0.272 e. The second-order valence-electron chi connectivity index (χ2n) is 4.57. The van der Waals surface area contributed by atoms with Crippen molar-refractivity contribution in [1.29, 1.82) is 0 Å². The zero-order chi connectivity index (χ0) is 16.3. The van der Waals surface area contributed by atoms with E-state index in [1.165, 1.54) is 24.4 Å². The third-order valence-electron chi connectivity index (χ3n) is 2.92. The van der Waals surface area contributed by atoms with Crippen LogP contribution in [0.1, 0.15) is 0 Å². The summed E-state index contributed by atoms with van der Waals surface area (Å²) in [4.78, 5) is 4.03. The predicted molar refractivity (Wildman–Crippen MR) is 89.0 cm³/mol. The van der Waals surface area contributed by atoms with Gasteiger partial charge in [0.05, 0.1) is 17.6 Å². The van der Waals surface area contributed by atoms with Gasteiger partial charge in [-0.25, -0.2) is 17.8 Å². The summed E-state index contributed by atoms with van der Waals surface area (Å²) in [5.74, 6) is -0.188. The molecule has 2 aromatic heterocycles. The number of thiophene rings is 1. The van der Waals surface area contributed by atoms with E-state index < -0.39 is 10.0 Å². The number of hydrogen-bond donors (Lipinski definition) is 2. The maximum absolute atomic E-state index is 13.6. The van der Waals surface area contributed by atoms with E-state index in [-0.39, 0.29) is 15.8 Å². The van der Waals surface area contributed by atoms with E-state index in [9.17, 15) is 12.8 Å². The maximum Gasteiger partial charge on any atom is 0.272 e. The first kappa shape index (κ1) is 15.4. The lowest BCUT2D eigenvalue weighted by Crippen LogP contribution is -2.12. The Bertz CT molecular complexity index is 895. The number of nitrogens with zero attached hydrogens (tertiary/aromatic N) is 1. The third-order valence-corrected chi connectivity index (χ3v) is 5.67. The monoisotopic (exact) mass is 349 g/mol. The van der Waals surface area contributed by atoms with Crippen LogP contribution in [0, 0.1) is 5.82 Å². The summed E-state index contributed by atoms with van der Waals surface area (Å²) in [6, 6.07) is 12.6. The van der Waals surface area contributed by atoms with E-state index in [4.69, 9.17) is 0 Å². The molecule has 0 aliphatic carbocycles. The fourth-order valence-corrected chi connectivity index (χ4v) is 3.85. The van der Waals surface area contributed by atoms with Gasteiger partial charge in [0.2, 0.25) is 0 Å². The number of para-hydroxylation sites is 1. The molecule has 0 unspecified atom stereocenters. The number of anilines is 3. The van der Waals surface area contributed by atoms with Crippen molar-refractivity contribution in [3.8, 4) is 0 Å². The number of halogens is 1. The molecule has 0 amide bonds. The predicted octanol–water partition coefficient (Wildman–Crippen LogP) is 3.83. The molecular formula is C15H12FN3O2S2. The molecule has 1 aromatic carbocycles. The van der Waals surface area contributed by atoms with Gasteiger partial charge in [-0.3, -0.25) is 4.72 Å². The minimum absolute atomic E-state index is 0.192. The highest BCUT2D eigenvalue weighted by Gasteiger charge is 2.15. The highest BCUT2D eigenvalue weighted by atomic mass is 32.2. The number of benzene rings is 1. The standard InChI is InChI=1S/C15H12FN3O2S2/c16-12-4-1-2-5-13(12)18-11-7-8-14(17-10-11)19-23(20,21)15-6-3-9-22-15/h1-10,18H,(H,17,19). The van der Waals surface area contributed by atoms with Gasteiger partial charge in [0.25, 0.3) is 10.0 Å². The first-order valence-corrected chi connectivity index (χ1v) is 8.95. The molecule has 118 valence electrons. The van der Waals surface area contributed by atoms with E-state index in [1.807, 2.05) is 0 Å². The minimum Gasteiger partial charge on any atom is -0.352 e. The summed E-state index contributed by atoms with van der Waals surface area (Å²) in [5.41, 5.74) is 0.871. The van der Waals surface area contributed by atoms with Crippen molar-refractivity contribution in [3.63, 3.8) is 0 Å². The Morgan fingerprint density at radius 2 is 1.87 bits per heavy atom. The number of pyridine rings is 1. The minimum atomic E-state index is -3.62. The molecule has 0 bridgehead atoms. The van der Waals surface area contributed by atoms with Crippen LogP contribution in [0.25, 0.3) is 0 Å². The SMILES string of the molecule is O=S(=O)(Nc1ccc(Nc2ccccc2F)cn1)c1cccs1. The van der Waals surface area contributed by atoms with E-state index in [0.29, 0.717) is 11.4 Å². The Hall–Kier alpha value is -2.45. The van der Waals surface area contributed by atoms with Gasteiger partial charge in [-0.05, 0) is 35.7 Å². The second-order valence-corrected chi connectivity index (χ2v) is 7.43. The molecule has 3 aromatic rings. The van der Waals surface area contributed by atoms with Crippen molar-refractivity contribution in [2.45, 2.75) is 4.21 Å². The zero-order valence-electron chi connectivity index (χ0n) is 11.7. The topological polar surface area (TPSA) is 71.1 Å². The van der Waals surface area contributed by atoms with Gasteiger partial charge < -0.3 is 5.32 Å². The lowest BCUT2D eigenvalue weighted by atomic mass is 10.3. The molecular weight excluding hydrogens is 337 g/mol. The quantitative estimate of drug-likeness (QED) is 0.734. The van der Waals surface area contributed by atoms with Crippen molar-refractivity contribution < 1.29 is 12.8 Å². The van der Waals surface area contributed by atoms with Gasteiger partial charge in [-0.2, -0.15) is 0 Å². The van der Waals surface area contributed by atoms with Crippen molar-refractivity contribution in [1.82, 2.24) is 4.98 Å². The molecule has 2 heterocycles. The van der Waals surface area contributed by atoms with Crippen LogP contribution < -0.4 is 10.0 Å². The van der Waals surface area contributed by atoms with Gasteiger partial charge in [-0.15, -0.1) is 11.3 Å². The van der Waals surface area contributed by atoms with Crippen LogP contribution in [0.2, 0.25) is 0 Å². The average molecular weight is 349 g/mol. The van der Waals surface area contributed by atoms with E-state index in [0.717, 1.165) is 11.3 Å². The molecule has 0 atom stereocenters. The van der Waals surface area contributed by atoms with E-state index >= 15 is 0 Å². The van der Waals surface area contributed by atoms with Crippen molar-refractivity contribution in [3.05, 3.63) is 65.9 Å². The Morgan fingerprint density at radius 1 is 1.04 bits per heavy atom. The van der Waals surface area contributed by atoms with Crippen molar-refractivity contribution in [2.75, 3.05) is 10.0 Å². The van der Waals surface area contributed by atoms with E-state index in [1.54, 1.807) is 35.7 Å². The highest BCUT2D eigenvalue weighted by Crippen LogP contribution is 2.22. The molecule has 0 saturated heterocycles. The van der Waals surface area contributed by atoms with Crippen LogP contribution in [-0.2, 0) is 10.0 Å². The Kier molecular flexibility index (Phi) is 4.26. The summed E-state index contributed by atoms with van der Waals surface area (Å²) >= 11 is 1.12. The molecule has 0 aliphatic heterocycles. The molecule has 0 saturated carbocycles. The van der Waals surface area contributed by atoms with Crippen LogP contribution in [0.15, 0.2) is 64.3 Å². The molecule has 0 radical (unpaired) electrons. The number of sulfonamides is 1. The summed E-state index contributed by atoms with van der Waals surface area (Å²) in [5, 5.41) is 4.56. The molecule has 3 rings (SSSR count). The Morgan fingerprint density at radius 3 is 2.52 bits per heavy atom. The number of hydrogen-bond acceptors (Lipinski definition) is 5. The second kappa shape index (κ2) is 6.35. The molecule has 5 nitrogen and oxygen atoms in total. The summed E-state index contributed by atoms with van der Waals surface area (Å²) < 4.78 is 40.3. The summed E-state index contributed by atoms with van der Waals surface area (Å²) in [6.45, 7) is 0. The number of nitrogens with one attached hydrogen (secondary N) is 2. The van der Waals surface area contributed by atoms with Crippen LogP contribution >= 0.6 is 11.3 Å². The Balaban J connectivity index is 1.74. The average Bonchev–Trinajstić information content (AvgIpc) is 3.06. The van der Waals surface area contributed by atoms with Gasteiger partial charge in [0.15, 0.2) is 0 Å². The van der Waals surface area contributed by atoms with Gasteiger partial charge >= 0.3 is 0 Å². The van der Waals surface area contributed by atoms with Gasteiger partial charge in [0.1, 0.15) is 15.8 Å². The molecule has 2 N–H and O–H groups in total. The van der Waals surface area contributed by atoms with Crippen LogP contribution in [0.4, 0.5) is 21.6 Å². The summed E-state index contributed by atoms with van der Waals surface area (Å²) in [6.07, 6.45) is 1.43. The highest BCUT2D eigenvalue weighted by molar-refractivity contribution is 7.94. The molecule has 0 fully saturated rings. The first-order chi connectivity index (χ1) is 11.0. The zero-order valence-corrected chi connectivity index (χ0v) is 13.4. The fraction of sp³-hybridized carbons (Fsp3) is 0. The van der Waals surface area contributed by atoms with Crippen LogP contribution in [-0.4, -0.2) is 13.4 Å². The number of rotatable bonds is 5. The third kappa shape index (κ3) is 3.66. The Labute approximate surface area is 136 Å². The van der Waals surface area contributed by atoms with Gasteiger partial charge in [0, 0.05) is 0 Å². The van der Waals surface area contributed by atoms with Gasteiger partial charge in [-0.1, -0.05) is 18.2 Å². The normalized spacial score (nSPS) is 11.2. The fourth-order valence-electron chi connectivity index (χ4n) is 1.85. The van der Waals surface area contributed by atoms with E-state index in [2.05, 4.69) is 15.0 Å². The lowest BCUT2D eigenvalue weighted by molar-refractivity contribution is 0.603. The molecule has 0 aliphatic rings. The summed E-state index contributed by atoms with van der Waals surface area (Å²) in [7, 11) is -3.62. The van der Waals surface area contributed by atoms with Crippen molar-refractivity contribution in [2.24, 2.45) is 0 Å². The van der Waals surface area contributed by atoms with Crippen molar-refractivity contribution >= 4 is 38.6 Å². The maximum atomic E-state index is 13.6. The molecule has 23 heavy (non-hydrogen) atoms. The van der Waals surface area contributed by atoms with Crippen LogP contribution in [0.5, 0.6) is 0 Å². The molecule has 0 spiro atoms.